The van der Waals surface area contributed by atoms with Gasteiger partial charge >= 0.3 is 29.6 Å². The number of carbonyl (C=O) groups is 1. The summed E-state index contributed by atoms with van der Waals surface area (Å²) in [6.07, 6.45) is -70.9. The molecule has 470 valence electrons. The normalized spacial score (nSPS) is 52.5. The Labute approximate surface area is 489 Å². The third-order valence-electron chi connectivity index (χ3n) is 15.1. The minimum absolute atomic E-state index is 0. The quantitative estimate of drug-likeness (QED) is 0.0903. The minimum Gasteiger partial charge on any atom is -0.549 e. The van der Waals surface area contributed by atoms with Crippen LogP contribution < -0.4 is 34.7 Å². The van der Waals surface area contributed by atoms with Gasteiger partial charge < -0.3 is 178 Å². The Balaban J connectivity index is 0.00000968. The summed E-state index contributed by atoms with van der Waals surface area (Å²) in [5, 5.41) is 233. The number of hydrogen-bond acceptors (Lipinski definition) is 37. The Morgan fingerprint density at radius 2 is 0.439 bits per heavy atom. The number of carboxylic acid groups (broad SMARTS) is 1. The van der Waals surface area contributed by atoms with Crippen molar-refractivity contribution in [2.24, 2.45) is 0 Å². The van der Waals surface area contributed by atoms with Crippen molar-refractivity contribution in [3.05, 3.63) is 0 Å². The monoisotopic (exact) mass is 1230 g/mol. The molecule has 21 aliphatic rings. The standard InChI is InChI=1S/C44H72O36S.Na/c45-1-9-31-18(54)25(61)39(68-9)76-33-11(3-47)70-41(27(63)20(33)56)78-35-13(5-49)72-43(29(65)22(35)58)80-37-15(7-81-8-16(51)52)73-44(30(66)23(37)59)79-36-14(6-50)71-42(28(64)21(36)57)77-34-12(4-48)69-40(26(62)19(34)55)75-32-10(2-46)67-38(74-31)24(60)17(32)53;/h9-15,17-50,53-66H,1-8H2,(H,51,52);/q;+1/p-1/t9-,10-,11-,12-,13-,14-,15-,17-,18-,19-,20-,21-,22-,23-,24-,25-,26-,27-,28-,29-,30-,31-,32-,33-,34-,35-,36-,37-,38-,39-,40-,41-,42-,43-,44-;/m1./s1. The zero-order chi connectivity index (χ0) is 59.0. The third-order valence-corrected chi connectivity index (χ3v) is 16.1. The van der Waals surface area contributed by atoms with Crippen LogP contribution in [0.1, 0.15) is 0 Å². The molecule has 0 aromatic carbocycles. The van der Waals surface area contributed by atoms with Crippen molar-refractivity contribution in [2.75, 3.05) is 51.1 Å². The SMILES string of the molecule is O=C([O-])CSC[C@H]1O[C@@H]2O[C@H]3[C@H](O)[C@@H](O)[C@@H](O[C@H]4[C@H](O)[C@@H](O)[C@@H](O[C@H]5[C@H](O)[C@@H](O)[C@@H](O[C@H]6[C@H](O)[C@@H](O)[C@@H](O[C@H]7[C@H](O)[C@@H](O)[C@@H](O[C@H]8[C@H](O)[C@@H](O)[C@@H](O[C@H]1[C@H](O)[C@H]2O)O[C@@H]8CO)O[C@@H]7CO)O[C@@H]6CO)O[C@@H]5CO)O[C@@H]4CO)O[C@@H]3CO.[Na+]. The van der Waals surface area contributed by atoms with Crippen LogP contribution in [0.2, 0.25) is 0 Å². The van der Waals surface area contributed by atoms with Crippen molar-refractivity contribution < 1.29 is 208 Å². The predicted molar refractivity (Wildman–Crippen MR) is 244 cm³/mol. The van der Waals surface area contributed by atoms with E-state index in [9.17, 15) is 112 Å². The summed E-state index contributed by atoms with van der Waals surface area (Å²) in [7, 11) is 0. The largest absolute Gasteiger partial charge is 1.00 e. The summed E-state index contributed by atoms with van der Waals surface area (Å²) in [4.78, 5) is 11.4. The van der Waals surface area contributed by atoms with E-state index in [0.717, 1.165) is 0 Å². The van der Waals surface area contributed by atoms with Crippen molar-refractivity contribution in [1.29, 1.82) is 0 Å². The molecule has 21 heterocycles. The van der Waals surface area contributed by atoms with E-state index in [1.165, 1.54) is 0 Å². The van der Waals surface area contributed by atoms with Crippen LogP contribution in [0.5, 0.6) is 0 Å². The van der Waals surface area contributed by atoms with Crippen LogP contribution in [-0.4, -0.2) is 374 Å². The summed E-state index contributed by atoms with van der Waals surface area (Å²) in [5.41, 5.74) is 0. The van der Waals surface area contributed by atoms with Crippen molar-refractivity contribution in [3.63, 3.8) is 0 Å². The Kier molecular flexibility index (Phi) is 25.1. The molecule has 21 fully saturated rings. The number of ether oxygens (including phenoxy) is 14. The van der Waals surface area contributed by atoms with Gasteiger partial charge in [-0.25, -0.2) is 0 Å². The van der Waals surface area contributed by atoms with Crippen LogP contribution in [0, 0.1) is 0 Å². The maximum Gasteiger partial charge on any atom is 1.00 e. The zero-order valence-electron chi connectivity index (χ0n) is 43.2. The molecule has 20 N–H and O–H groups in total. The molecule has 0 radical (unpaired) electrons. The van der Waals surface area contributed by atoms with E-state index >= 15 is 0 Å². The number of thioether (sulfide) groups is 1. The Hall–Kier alpha value is -0.540. The third kappa shape index (κ3) is 14.2. The van der Waals surface area contributed by atoms with Gasteiger partial charge in [0.2, 0.25) is 0 Å². The molecule has 36 nitrogen and oxygen atoms in total. The first-order chi connectivity index (χ1) is 38.5. The Morgan fingerprint density at radius 1 is 0.280 bits per heavy atom. The number of aliphatic hydroxyl groups excluding tert-OH is 20. The van der Waals surface area contributed by atoms with Crippen LogP contribution in [0.25, 0.3) is 0 Å². The fourth-order valence-electron chi connectivity index (χ4n) is 10.7. The molecule has 21 saturated heterocycles. The van der Waals surface area contributed by atoms with Gasteiger partial charge in [0.25, 0.3) is 0 Å². The van der Waals surface area contributed by atoms with Gasteiger partial charge in [0.1, 0.15) is 165 Å². The summed E-state index contributed by atoms with van der Waals surface area (Å²) >= 11 is 0.621. The maximum absolute atomic E-state index is 11.6. The topological polar surface area (TPSA) is 574 Å². The van der Waals surface area contributed by atoms with Crippen LogP contribution in [0.3, 0.4) is 0 Å². The van der Waals surface area contributed by atoms with Gasteiger partial charge in [0.05, 0.1) is 51.7 Å². The first-order valence-electron chi connectivity index (χ1n) is 25.6. The van der Waals surface area contributed by atoms with Gasteiger partial charge in [-0.15, -0.1) is 0 Å². The van der Waals surface area contributed by atoms with Crippen molar-refractivity contribution >= 4 is 17.7 Å². The molecule has 38 heteroatoms. The molecule has 21 rings (SSSR count). The number of hydrogen-bond donors (Lipinski definition) is 20. The van der Waals surface area contributed by atoms with Gasteiger partial charge in [-0.05, 0) is 0 Å². The predicted octanol–water partition coefficient (Wildman–Crippen LogP) is -18.7. The molecule has 0 aliphatic carbocycles. The average Bonchev–Trinajstić information content (AvgIpc) is 3.45. The minimum atomic E-state index is -2.24. The first kappa shape index (κ1) is 68.9. The molecule has 0 amide bonds. The van der Waals surface area contributed by atoms with Gasteiger partial charge in [-0.3, -0.25) is 0 Å². The van der Waals surface area contributed by atoms with Crippen molar-refractivity contribution in [1.82, 2.24) is 0 Å². The fraction of sp³-hybridized carbons (Fsp3) is 0.977. The zero-order valence-corrected chi connectivity index (χ0v) is 46.1. The molecule has 35 atom stereocenters. The number of aliphatic carboxylic acids is 1. The molecule has 0 aromatic heterocycles. The first-order valence-corrected chi connectivity index (χ1v) is 26.8. The number of carbonyl (C=O) groups excluding carboxylic acids is 1. The van der Waals surface area contributed by atoms with E-state index in [4.69, 9.17) is 66.3 Å². The van der Waals surface area contributed by atoms with E-state index in [-0.39, 0.29) is 29.6 Å². The van der Waals surface area contributed by atoms with Crippen molar-refractivity contribution in [3.8, 4) is 0 Å². The molecule has 0 unspecified atom stereocenters. The fourth-order valence-corrected chi connectivity index (χ4v) is 11.4. The number of aliphatic hydroxyl groups is 20. The molecule has 0 spiro atoms. The van der Waals surface area contributed by atoms with Crippen molar-refractivity contribution in [2.45, 2.75) is 215 Å². The van der Waals surface area contributed by atoms with E-state index in [0.29, 0.717) is 11.8 Å². The van der Waals surface area contributed by atoms with E-state index in [2.05, 4.69) is 0 Å². The van der Waals surface area contributed by atoms with Gasteiger partial charge in [0, 0.05) is 11.5 Å². The maximum atomic E-state index is 11.6. The van der Waals surface area contributed by atoms with Gasteiger partial charge in [-0.2, -0.15) is 11.8 Å². The van der Waals surface area contributed by atoms with Crippen LogP contribution in [0.4, 0.5) is 0 Å². The summed E-state index contributed by atoms with van der Waals surface area (Å²) < 4.78 is 80.2. The average molecular weight is 1230 g/mol. The second kappa shape index (κ2) is 29.8. The Bertz CT molecular complexity index is 1970. The molecule has 0 aromatic rings. The van der Waals surface area contributed by atoms with Gasteiger partial charge in [0.15, 0.2) is 44.0 Å². The number of rotatable bonds is 10. The van der Waals surface area contributed by atoms with Crippen LogP contribution >= 0.6 is 11.8 Å². The molecular formula is C44H71NaO36S. The van der Waals surface area contributed by atoms with E-state index < -0.39 is 272 Å². The summed E-state index contributed by atoms with van der Waals surface area (Å²) in [6.45, 7) is -6.39. The second-order valence-corrected chi connectivity index (χ2v) is 21.4. The van der Waals surface area contributed by atoms with Crippen LogP contribution in [-0.2, 0) is 71.1 Å². The Morgan fingerprint density at radius 3 is 0.598 bits per heavy atom. The second-order valence-electron chi connectivity index (χ2n) is 20.4. The summed E-state index contributed by atoms with van der Waals surface area (Å²) in [6, 6.07) is 0. The molecule has 14 bridgehead atoms. The van der Waals surface area contributed by atoms with Crippen LogP contribution in [0.15, 0.2) is 0 Å². The van der Waals surface area contributed by atoms with E-state index in [1.54, 1.807) is 0 Å². The number of carboxylic acids is 1. The summed E-state index contributed by atoms with van der Waals surface area (Å²) in [5.74, 6) is -2.71. The molecule has 0 saturated carbocycles. The smallest absolute Gasteiger partial charge is 0.549 e. The van der Waals surface area contributed by atoms with E-state index in [1.807, 2.05) is 0 Å². The molecular weight excluding hydrogens is 1160 g/mol. The molecule has 82 heavy (non-hydrogen) atoms. The molecule has 21 aliphatic heterocycles. The van der Waals surface area contributed by atoms with Gasteiger partial charge in [-0.1, -0.05) is 0 Å².